The Kier molecular flexibility index (Phi) is 11.4. The third-order valence-corrected chi connectivity index (χ3v) is 12.8. The van der Waals surface area contributed by atoms with Gasteiger partial charge in [-0.2, -0.15) is 0 Å². The standard InChI is InChI=1S/C40H55N5O7S/c1-8-53(28-17-18-28)44-37(48)40-21-26(40)14-10-9-13-24(2)19-25(3)33(42-38(49)52-39(4,5)6)36(47)45-23-27(20-31(45)34(46)43-40)51-35-30-16-12-11-15-29(30)32(50-7)22-41-35/h8,10-12,14-16,22,24-28,31,33H,9,13,17-21,23H2,1-7H3,(H,42,49)(H,43,46)(H,44,48)/b14-10-/t24-,25+,26+,27+,31-,33-,40+,53?/m0/s1. The van der Waals surface area contributed by atoms with Gasteiger partial charge in [0.15, 0.2) is 0 Å². The predicted octanol–water partition coefficient (Wildman–Crippen LogP) is 5.66. The summed E-state index contributed by atoms with van der Waals surface area (Å²) in [7, 11) is 1.21. The average molecular weight is 750 g/mol. The van der Waals surface area contributed by atoms with Crippen LogP contribution in [0.2, 0.25) is 0 Å². The number of carbonyl (C=O) groups excluding carboxylic acids is 4. The number of methoxy groups -OCH3 is 1. The van der Waals surface area contributed by atoms with Crippen molar-refractivity contribution in [3.8, 4) is 11.6 Å². The molecule has 2 aromatic rings. The van der Waals surface area contributed by atoms with Crippen LogP contribution >= 0.6 is 10.7 Å². The number of alkyl carbamates (subject to hydrolysis) is 1. The van der Waals surface area contributed by atoms with Gasteiger partial charge in [-0.05, 0) is 89.5 Å². The summed E-state index contributed by atoms with van der Waals surface area (Å²) in [6.07, 6.45) is 9.59. The normalized spacial score (nSPS) is 30.5. The fourth-order valence-electron chi connectivity index (χ4n) is 7.66. The van der Waals surface area contributed by atoms with Crippen molar-refractivity contribution >= 4 is 50.6 Å². The van der Waals surface area contributed by atoms with Crippen LogP contribution in [-0.2, 0) is 19.1 Å². The van der Waals surface area contributed by atoms with Crippen molar-refractivity contribution in [2.24, 2.45) is 17.8 Å². The van der Waals surface area contributed by atoms with Gasteiger partial charge in [0, 0.05) is 28.4 Å². The maximum Gasteiger partial charge on any atom is 0.408 e. The Morgan fingerprint density at radius 3 is 2.51 bits per heavy atom. The Balaban J connectivity index is 1.34. The van der Waals surface area contributed by atoms with E-state index >= 15 is 0 Å². The van der Waals surface area contributed by atoms with Gasteiger partial charge in [0.25, 0.3) is 5.91 Å². The number of allylic oxidation sites excluding steroid dienone is 1. The van der Waals surface area contributed by atoms with Crippen molar-refractivity contribution in [2.75, 3.05) is 13.7 Å². The van der Waals surface area contributed by atoms with Crippen LogP contribution in [0, 0.1) is 17.8 Å². The number of ether oxygens (including phenoxy) is 3. The number of benzene rings is 1. The van der Waals surface area contributed by atoms with Gasteiger partial charge in [0.2, 0.25) is 17.7 Å². The minimum absolute atomic E-state index is 0.0756. The van der Waals surface area contributed by atoms with Crippen LogP contribution < -0.4 is 24.8 Å². The van der Waals surface area contributed by atoms with E-state index in [0.29, 0.717) is 29.7 Å². The Bertz CT molecular complexity index is 1790. The first-order valence-electron chi connectivity index (χ1n) is 18.9. The SMILES string of the molecule is C/C=S(/NC(=O)[C@@]12C[C@H]1/C=C\CC[C@H](C)C[C@@H](C)[C@H](NC(=O)OC(C)(C)C)C(=O)N1C[C@H](Oc3ncc(OC)c4ccccc34)C[C@H]1C(=O)N2)C1CC1. The second-order valence-corrected chi connectivity index (χ2v) is 18.2. The fourth-order valence-corrected chi connectivity index (χ4v) is 9.37. The molecule has 4 aliphatic rings. The van der Waals surface area contributed by atoms with E-state index < -0.39 is 47.2 Å². The molecule has 2 aliphatic carbocycles. The van der Waals surface area contributed by atoms with Crippen molar-refractivity contribution in [1.29, 1.82) is 0 Å². The topological polar surface area (TPSA) is 148 Å². The summed E-state index contributed by atoms with van der Waals surface area (Å²) in [6, 6.07) is 5.67. The molecule has 4 amide bonds. The number of aromatic nitrogens is 1. The molecule has 1 saturated heterocycles. The maximum atomic E-state index is 14.8. The van der Waals surface area contributed by atoms with Crippen LogP contribution in [0.25, 0.3) is 10.8 Å². The zero-order chi connectivity index (χ0) is 38.1. The highest BCUT2D eigenvalue weighted by molar-refractivity contribution is 8.14. The van der Waals surface area contributed by atoms with Crippen molar-refractivity contribution < 1.29 is 33.4 Å². The number of nitrogens with one attached hydrogen (secondary N) is 3. The first kappa shape index (κ1) is 38.6. The molecule has 13 heteroatoms. The van der Waals surface area contributed by atoms with E-state index in [-0.39, 0.29) is 47.3 Å². The minimum atomic E-state index is -1.12. The lowest BCUT2D eigenvalue weighted by Crippen LogP contribution is -2.58. The summed E-state index contributed by atoms with van der Waals surface area (Å²) < 4.78 is 20.9. The van der Waals surface area contributed by atoms with E-state index in [9.17, 15) is 19.2 Å². The molecule has 3 heterocycles. The zero-order valence-corrected chi connectivity index (χ0v) is 32.8. The van der Waals surface area contributed by atoms with Gasteiger partial charge in [0.1, 0.15) is 35.1 Å². The lowest BCUT2D eigenvalue weighted by Gasteiger charge is -2.33. The maximum absolute atomic E-state index is 14.8. The quantitative estimate of drug-likeness (QED) is 0.243. The second kappa shape index (κ2) is 15.7. The first-order chi connectivity index (χ1) is 25.2. The third-order valence-electron chi connectivity index (χ3n) is 10.7. The smallest absolute Gasteiger partial charge is 0.408 e. The molecule has 8 atom stereocenters. The highest BCUT2D eigenvalue weighted by Crippen LogP contribution is 2.47. The molecular weight excluding hydrogens is 695 g/mol. The Morgan fingerprint density at radius 1 is 1.09 bits per heavy atom. The number of pyridine rings is 1. The number of amides is 4. The lowest BCUT2D eigenvalue weighted by atomic mass is 9.88. The summed E-state index contributed by atoms with van der Waals surface area (Å²) in [6.45, 7) is 11.4. The molecule has 1 aromatic carbocycles. The number of carbonyl (C=O) groups is 4. The molecule has 288 valence electrons. The summed E-state index contributed by atoms with van der Waals surface area (Å²) in [5, 5.41) is 10.1. The summed E-state index contributed by atoms with van der Waals surface area (Å²) >= 11 is 0. The molecule has 6 rings (SSSR count). The number of rotatable bonds is 7. The van der Waals surface area contributed by atoms with Crippen molar-refractivity contribution in [1.82, 2.24) is 25.2 Å². The Morgan fingerprint density at radius 2 is 1.83 bits per heavy atom. The van der Waals surface area contributed by atoms with Crippen LogP contribution in [-0.4, -0.2) is 87.3 Å². The zero-order valence-electron chi connectivity index (χ0n) is 32.0. The van der Waals surface area contributed by atoms with E-state index in [2.05, 4.69) is 39.4 Å². The summed E-state index contributed by atoms with van der Waals surface area (Å²) in [5.41, 5.74) is -1.89. The predicted molar refractivity (Wildman–Crippen MR) is 207 cm³/mol. The number of fused-ring (bicyclic) bond motifs is 3. The molecule has 0 spiro atoms. The molecule has 1 aromatic heterocycles. The van der Waals surface area contributed by atoms with E-state index in [1.807, 2.05) is 43.5 Å². The van der Waals surface area contributed by atoms with Crippen LogP contribution in [0.3, 0.4) is 0 Å². The molecule has 53 heavy (non-hydrogen) atoms. The van der Waals surface area contributed by atoms with Crippen LogP contribution in [0.15, 0.2) is 42.6 Å². The first-order valence-corrected chi connectivity index (χ1v) is 20.3. The molecule has 3 N–H and O–H groups in total. The van der Waals surface area contributed by atoms with Gasteiger partial charge in [-0.1, -0.05) is 54.9 Å². The Labute approximate surface area is 315 Å². The summed E-state index contributed by atoms with van der Waals surface area (Å²) in [5.74, 6) is -0.259. The highest BCUT2D eigenvalue weighted by atomic mass is 32.2. The third kappa shape index (κ3) is 8.82. The lowest BCUT2D eigenvalue weighted by molar-refractivity contribution is -0.142. The molecule has 2 aliphatic heterocycles. The van der Waals surface area contributed by atoms with Gasteiger partial charge in [-0.25, -0.2) is 9.78 Å². The van der Waals surface area contributed by atoms with Crippen molar-refractivity contribution in [2.45, 2.75) is 121 Å². The van der Waals surface area contributed by atoms with E-state index in [1.165, 1.54) is 4.90 Å². The molecule has 12 nitrogen and oxygen atoms in total. The molecule has 0 bridgehead atoms. The van der Waals surface area contributed by atoms with Gasteiger partial charge in [-0.15, -0.1) is 0 Å². The number of nitrogens with zero attached hydrogens (tertiary/aromatic N) is 2. The van der Waals surface area contributed by atoms with Crippen LogP contribution in [0.1, 0.15) is 86.5 Å². The largest absolute Gasteiger partial charge is 0.494 e. The van der Waals surface area contributed by atoms with Gasteiger partial charge >= 0.3 is 6.09 Å². The molecule has 3 fully saturated rings. The molecule has 1 unspecified atom stereocenters. The fraction of sp³-hybridized carbons (Fsp3) is 0.600. The molecular formula is C40H55N5O7S. The summed E-state index contributed by atoms with van der Waals surface area (Å²) in [4.78, 5) is 62.7. The van der Waals surface area contributed by atoms with E-state index in [4.69, 9.17) is 14.2 Å². The Hall–Kier alpha value is -4.13. The monoisotopic (exact) mass is 749 g/mol. The van der Waals surface area contributed by atoms with Crippen molar-refractivity contribution in [3.63, 3.8) is 0 Å². The molecule has 0 radical (unpaired) electrons. The van der Waals surface area contributed by atoms with Gasteiger partial charge in [-0.3, -0.25) is 14.4 Å². The van der Waals surface area contributed by atoms with E-state index in [0.717, 1.165) is 36.5 Å². The minimum Gasteiger partial charge on any atom is -0.494 e. The highest BCUT2D eigenvalue weighted by Gasteiger charge is 2.61. The van der Waals surface area contributed by atoms with Gasteiger partial charge in [0.05, 0.1) is 19.9 Å². The number of hydrogen-bond donors (Lipinski definition) is 3. The molecule has 2 saturated carbocycles. The van der Waals surface area contributed by atoms with Gasteiger partial charge < -0.3 is 34.5 Å². The van der Waals surface area contributed by atoms with Crippen LogP contribution in [0.4, 0.5) is 4.79 Å². The van der Waals surface area contributed by atoms with E-state index in [1.54, 1.807) is 34.1 Å². The number of hydrogen-bond acceptors (Lipinski definition) is 8. The van der Waals surface area contributed by atoms with Crippen LogP contribution in [0.5, 0.6) is 11.6 Å². The second-order valence-electron chi connectivity index (χ2n) is 16.1. The van der Waals surface area contributed by atoms with Crippen molar-refractivity contribution in [3.05, 3.63) is 42.6 Å². The average Bonchev–Trinajstić information content (AvgIpc) is 4.03.